The lowest BCUT2D eigenvalue weighted by Gasteiger charge is -2.20. The van der Waals surface area contributed by atoms with E-state index in [-0.39, 0.29) is 17.2 Å². The van der Waals surface area contributed by atoms with E-state index in [1.54, 1.807) is 24.3 Å². The number of carbonyl (C=O) groups is 1. The van der Waals surface area contributed by atoms with Crippen LogP contribution < -0.4 is 10.9 Å². The highest BCUT2D eigenvalue weighted by molar-refractivity contribution is 6.30. The Labute approximate surface area is 123 Å². The third-order valence-electron chi connectivity index (χ3n) is 2.49. The molecular weight excluding hydrogens is 276 g/mol. The molecule has 0 saturated carbocycles. The van der Waals surface area contributed by atoms with E-state index in [2.05, 4.69) is 10.9 Å². The Morgan fingerprint density at radius 1 is 1.20 bits per heavy atom. The third kappa shape index (κ3) is 3.85. The smallest absolute Gasteiger partial charge is 0.301 e. The van der Waals surface area contributed by atoms with E-state index in [9.17, 15) is 4.79 Å². The van der Waals surface area contributed by atoms with Crippen molar-refractivity contribution in [3.05, 3.63) is 47.2 Å². The average Bonchev–Trinajstić information content (AvgIpc) is 2.84. The second-order valence-electron chi connectivity index (χ2n) is 5.50. The number of hydrazine groups is 1. The van der Waals surface area contributed by atoms with Crippen LogP contribution in [0, 0.1) is 0 Å². The van der Waals surface area contributed by atoms with Crippen molar-refractivity contribution in [3.63, 3.8) is 0 Å². The van der Waals surface area contributed by atoms with Crippen LogP contribution in [-0.4, -0.2) is 11.4 Å². The fourth-order valence-electron chi connectivity index (χ4n) is 1.56. The summed E-state index contributed by atoms with van der Waals surface area (Å²) in [6.45, 7) is 5.85. The lowest BCUT2D eigenvalue weighted by atomic mass is 10.1. The Kier molecular flexibility index (Phi) is 4.16. The number of halogens is 1. The number of nitrogens with one attached hydrogen (secondary N) is 2. The molecule has 0 fully saturated rings. The summed E-state index contributed by atoms with van der Waals surface area (Å²) < 4.78 is 5.54. The number of benzene rings is 1. The zero-order valence-corrected chi connectivity index (χ0v) is 12.4. The first-order chi connectivity index (χ1) is 9.35. The molecule has 0 spiro atoms. The van der Waals surface area contributed by atoms with Crippen molar-refractivity contribution in [2.24, 2.45) is 0 Å². The zero-order valence-electron chi connectivity index (χ0n) is 11.7. The summed E-state index contributed by atoms with van der Waals surface area (Å²) in [6.07, 6.45) is 0. The van der Waals surface area contributed by atoms with Gasteiger partial charge in [0, 0.05) is 16.1 Å². The van der Waals surface area contributed by atoms with E-state index in [1.165, 1.54) is 0 Å². The maximum absolute atomic E-state index is 11.9. The SMILES string of the molecule is CC(C)(C)NNC(=O)c1ccc(-c2cccc(Cl)c2)o1. The molecule has 106 valence electrons. The van der Waals surface area contributed by atoms with E-state index in [0.29, 0.717) is 10.8 Å². The summed E-state index contributed by atoms with van der Waals surface area (Å²) in [5, 5.41) is 0.624. The van der Waals surface area contributed by atoms with Gasteiger partial charge in [0.1, 0.15) is 5.76 Å². The monoisotopic (exact) mass is 292 g/mol. The standard InChI is InChI=1S/C15H17ClN2O2/c1-15(2,3)18-17-14(19)13-8-7-12(20-13)10-5-4-6-11(16)9-10/h4-9,18H,1-3H3,(H,17,19). The first-order valence-electron chi connectivity index (χ1n) is 6.28. The van der Waals surface area contributed by atoms with Crippen LogP contribution in [0.2, 0.25) is 5.02 Å². The van der Waals surface area contributed by atoms with Crippen molar-refractivity contribution in [1.29, 1.82) is 0 Å². The molecule has 2 rings (SSSR count). The summed E-state index contributed by atoms with van der Waals surface area (Å²) in [5.41, 5.74) is 6.13. The summed E-state index contributed by atoms with van der Waals surface area (Å²) in [5.74, 6) is 0.540. The number of amides is 1. The maximum atomic E-state index is 11.9. The van der Waals surface area contributed by atoms with Gasteiger partial charge >= 0.3 is 5.91 Å². The number of furan rings is 1. The zero-order chi connectivity index (χ0) is 14.8. The minimum Gasteiger partial charge on any atom is -0.451 e. The van der Waals surface area contributed by atoms with Crippen LogP contribution in [0.25, 0.3) is 11.3 Å². The van der Waals surface area contributed by atoms with Crippen LogP contribution in [0.4, 0.5) is 0 Å². The average molecular weight is 293 g/mol. The van der Waals surface area contributed by atoms with Crippen LogP contribution in [0.5, 0.6) is 0 Å². The Morgan fingerprint density at radius 3 is 2.60 bits per heavy atom. The van der Waals surface area contributed by atoms with E-state index in [1.807, 2.05) is 32.9 Å². The molecule has 0 aliphatic heterocycles. The Hall–Kier alpha value is -1.78. The van der Waals surface area contributed by atoms with Gasteiger partial charge in [-0.2, -0.15) is 0 Å². The maximum Gasteiger partial charge on any atom is 0.301 e. The predicted octanol–water partition coefficient (Wildman–Crippen LogP) is 3.63. The van der Waals surface area contributed by atoms with Crippen LogP contribution in [0.3, 0.4) is 0 Å². The molecule has 0 bridgehead atoms. The molecule has 0 unspecified atom stereocenters. The second kappa shape index (κ2) is 5.69. The van der Waals surface area contributed by atoms with E-state index in [4.69, 9.17) is 16.0 Å². The lowest BCUT2D eigenvalue weighted by Crippen LogP contribution is -2.48. The number of carbonyl (C=O) groups excluding carboxylic acids is 1. The summed E-state index contributed by atoms with van der Waals surface area (Å²) in [4.78, 5) is 11.9. The quantitative estimate of drug-likeness (QED) is 0.849. The normalized spacial score (nSPS) is 11.4. The minimum atomic E-state index is -0.312. The Balaban J connectivity index is 2.11. The van der Waals surface area contributed by atoms with E-state index >= 15 is 0 Å². The molecule has 0 aliphatic rings. The number of rotatable bonds is 3. The highest BCUT2D eigenvalue weighted by Gasteiger charge is 2.15. The molecular formula is C15H17ClN2O2. The molecule has 0 saturated heterocycles. The van der Waals surface area contributed by atoms with Gasteiger partial charge in [-0.3, -0.25) is 10.2 Å². The van der Waals surface area contributed by atoms with Gasteiger partial charge in [-0.05, 0) is 45.0 Å². The molecule has 5 heteroatoms. The fourth-order valence-corrected chi connectivity index (χ4v) is 1.75. The number of hydrogen-bond donors (Lipinski definition) is 2. The van der Waals surface area contributed by atoms with Gasteiger partial charge < -0.3 is 4.42 Å². The van der Waals surface area contributed by atoms with E-state index < -0.39 is 0 Å². The van der Waals surface area contributed by atoms with Crippen molar-refractivity contribution in [3.8, 4) is 11.3 Å². The second-order valence-corrected chi connectivity index (χ2v) is 5.94. The van der Waals surface area contributed by atoms with Gasteiger partial charge in [0.25, 0.3) is 0 Å². The van der Waals surface area contributed by atoms with Crippen LogP contribution in [-0.2, 0) is 0 Å². The molecule has 0 aliphatic carbocycles. The van der Waals surface area contributed by atoms with Crippen molar-refractivity contribution < 1.29 is 9.21 Å². The van der Waals surface area contributed by atoms with Crippen LogP contribution in [0.1, 0.15) is 31.3 Å². The molecule has 2 aromatic rings. The lowest BCUT2D eigenvalue weighted by molar-refractivity contribution is 0.0887. The third-order valence-corrected chi connectivity index (χ3v) is 2.73. The molecule has 1 aromatic heterocycles. The van der Waals surface area contributed by atoms with Gasteiger partial charge in [-0.1, -0.05) is 23.7 Å². The van der Waals surface area contributed by atoms with Gasteiger partial charge in [0.2, 0.25) is 0 Å². The Bertz CT molecular complexity index is 614. The summed E-state index contributed by atoms with van der Waals surface area (Å²) >= 11 is 5.93. The summed E-state index contributed by atoms with van der Waals surface area (Å²) in [7, 11) is 0. The highest BCUT2D eigenvalue weighted by Crippen LogP contribution is 2.24. The van der Waals surface area contributed by atoms with Gasteiger partial charge in [-0.25, -0.2) is 5.43 Å². The summed E-state index contributed by atoms with van der Waals surface area (Å²) in [6, 6.07) is 10.7. The first kappa shape index (κ1) is 14.6. The van der Waals surface area contributed by atoms with Crippen molar-refractivity contribution in [1.82, 2.24) is 10.9 Å². The first-order valence-corrected chi connectivity index (χ1v) is 6.66. The molecule has 1 aromatic carbocycles. The van der Waals surface area contributed by atoms with Crippen LogP contribution >= 0.6 is 11.6 Å². The molecule has 1 amide bonds. The van der Waals surface area contributed by atoms with Crippen molar-refractivity contribution in [2.75, 3.05) is 0 Å². The van der Waals surface area contributed by atoms with Crippen molar-refractivity contribution >= 4 is 17.5 Å². The number of hydrogen-bond acceptors (Lipinski definition) is 3. The van der Waals surface area contributed by atoms with Crippen LogP contribution in [0.15, 0.2) is 40.8 Å². The van der Waals surface area contributed by atoms with Gasteiger partial charge in [0.15, 0.2) is 5.76 Å². The molecule has 0 radical (unpaired) electrons. The predicted molar refractivity (Wildman–Crippen MR) is 79.5 cm³/mol. The minimum absolute atomic E-state index is 0.210. The highest BCUT2D eigenvalue weighted by atomic mass is 35.5. The topological polar surface area (TPSA) is 54.3 Å². The molecule has 20 heavy (non-hydrogen) atoms. The van der Waals surface area contributed by atoms with Crippen molar-refractivity contribution in [2.45, 2.75) is 26.3 Å². The largest absolute Gasteiger partial charge is 0.451 e. The Morgan fingerprint density at radius 2 is 1.95 bits per heavy atom. The van der Waals surface area contributed by atoms with E-state index in [0.717, 1.165) is 5.56 Å². The molecule has 0 atom stereocenters. The molecule has 4 nitrogen and oxygen atoms in total. The molecule has 1 heterocycles. The van der Waals surface area contributed by atoms with Gasteiger partial charge in [-0.15, -0.1) is 0 Å². The van der Waals surface area contributed by atoms with Gasteiger partial charge in [0.05, 0.1) is 0 Å². The molecule has 2 N–H and O–H groups in total. The fraction of sp³-hybridized carbons (Fsp3) is 0.267.